The molecule has 1 saturated heterocycles. The Balaban J connectivity index is 1.35. The Labute approximate surface area is 310 Å². The third-order valence-corrected chi connectivity index (χ3v) is 13.0. The molecule has 10 nitrogen and oxygen atoms in total. The van der Waals surface area contributed by atoms with Gasteiger partial charge < -0.3 is 18.2 Å². The summed E-state index contributed by atoms with van der Waals surface area (Å²) in [5, 5.41) is 0. The van der Waals surface area contributed by atoms with Gasteiger partial charge in [-0.3, -0.25) is 9.69 Å². The van der Waals surface area contributed by atoms with Gasteiger partial charge in [-0.25, -0.2) is 9.78 Å². The van der Waals surface area contributed by atoms with Gasteiger partial charge in [0.2, 0.25) is 0 Å². The third-order valence-electron chi connectivity index (χ3n) is 10.3. The number of aromatic nitrogens is 2. The zero-order chi connectivity index (χ0) is 38.6. The van der Waals surface area contributed by atoms with E-state index in [1.165, 1.54) is 12.1 Å². The second kappa shape index (κ2) is 14.2. The zero-order valence-electron chi connectivity index (χ0n) is 31.1. The second-order valence-corrected chi connectivity index (χ2v) is 23.8. The van der Waals surface area contributed by atoms with E-state index in [1.54, 1.807) is 11.1 Å². The van der Waals surface area contributed by atoms with Crippen LogP contribution in [0.4, 0.5) is 18.0 Å². The molecule has 1 amide bonds. The van der Waals surface area contributed by atoms with Gasteiger partial charge in [0.15, 0.2) is 5.78 Å². The summed E-state index contributed by atoms with van der Waals surface area (Å²) in [6, 6.07) is 10.8. The molecular weight excluding hydrogens is 728 g/mol. The number of hydrogen-bond acceptors (Lipinski definition) is 8. The molecular formula is C38H48F3N3O7SSi. The Bertz CT molecular complexity index is 1980. The zero-order valence-corrected chi connectivity index (χ0v) is 33.0. The summed E-state index contributed by atoms with van der Waals surface area (Å²) >= 11 is 0. The van der Waals surface area contributed by atoms with E-state index in [0.29, 0.717) is 49.4 Å². The van der Waals surface area contributed by atoms with Crippen LogP contribution in [0.25, 0.3) is 22.4 Å². The smallest absolute Gasteiger partial charge is 0.444 e. The number of carbonyl (C=O) groups is 2. The van der Waals surface area contributed by atoms with Crippen molar-refractivity contribution in [3.63, 3.8) is 0 Å². The van der Waals surface area contributed by atoms with Gasteiger partial charge in [-0.15, -0.1) is 0 Å². The molecule has 2 fully saturated rings. The lowest BCUT2D eigenvalue weighted by Gasteiger charge is -2.29. The molecule has 0 radical (unpaired) electrons. The first-order valence-electron chi connectivity index (χ1n) is 18.1. The Morgan fingerprint density at radius 1 is 1.00 bits per heavy atom. The number of hydrogen-bond donors (Lipinski definition) is 0. The molecule has 3 aromatic rings. The monoisotopic (exact) mass is 775 g/mol. The summed E-state index contributed by atoms with van der Waals surface area (Å²) in [7, 11) is -7.30. The molecule has 1 spiro atoms. The predicted molar refractivity (Wildman–Crippen MR) is 197 cm³/mol. The van der Waals surface area contributed by atoms with E-state index in [-0.39, 0.29) is 36.1 Å². The van der Waals surface area contributed by atoms with Gasteiger partial charge in [0, 0.05) is 37.8 Å². The van der Waals surface area contributed by atoms with Gasteiger partial charge in [-0.2, -0.15) is 21.6 Å². The molecule has 0 bridgehead atoms. The number of imidazole rings is 1. The van der Waals surface area contributed by atoms with Crippen LogP contribution in [-0.4, -0.2) is 67.1 Å². The van der Waals surface area contributed by atoms with Crippen molar-refractivity contribution in [2.75, 3.05) is 13.2 Å². The van der Waals surface area contributed by atoms with Crippen molar-refractivity contribution in [2.45, 2.75) is 115 Å². The standard InChI is InChI=1S/C38H48F3N3O7SSi/c1-36(2,3)50-35(46)43-19-9-10-29(43)34-42-23-30(44(34)24-49-20-21-53(4,5)6)26-13-11-25(12-14-26)27-15-16-31(51-52(47,48)38(39,40)41)28-22-37(17-7-8-18-37)33(45)32(27)28/h11-16,23,29H,7-10,17-22,24H2,1-6H3/t29-/m0/s1. The lowest BCUT2D eigenvalue weighted by molar-refractivity contribution is -0.0500. The Kier molecular flexibility index (Phi) is 10.4. The number of alkyl halides is 3. The van der Waals surface area contributed by atoms with Gasteiger partial charge in [0.05, 0.1) is 17.9 Å². The quantitative estimate of drug-likeness (QED) is 0.0867. The van der Waals surface area contributed by atoms with E-state index < -0.39 is 46.6 Å². The van der Waals surface area contributed by atoms with Crippen LogP contribution in [0.2, 0.25) is 25.7 Å². The van der Waals surface area contributed by atoms with Gasteiger partial charge in [-0.1, -0.05) is 56.7 Å². The van der Waals surface area contributed by atoms with E-state index in [0.717, 1.165) is 36.6 Å². The first kappa shape index (κ1) is 39.0. The molecule has 0 unspecified atom stereocenters. The van der Waals surface area contributed by atoms with Gasteiger partial charge >= 0.3 is 21.7 Å². The molecule has 3 aliphatic rings. The number of rotatable bonds is 10. The van der Waals surface area contributed by atoms with Crippen molar-refractivity contribution >= 4 is 30.1 Å². The minimum Gasteiger partial charge on any atom is -0.444 e. The molecule has 1 aromatic heterocycles. The first-order valence-corrected chi connectivity index (χ1v) is 23.3. The van der Waals surface area contributed by atoms with Crippen molar-refractivity contribution in [1.29, 1.82) is 0 Å². The van der Waals surface area contributed by atoms with Crippen LogP contribution in [0, 0.1) is 5.41 Å². The van der Waals surface area contributed by atoms with Crippen LogP contribution in [0.15, 0.2) is 42.6 Å². The maximum atomic E-state index is 14.0. The summed E-state index contributed by atoms with van der Waals surface area (Å²) in [4.78, 5) is 33.8. The molecule has 53 heavy (non-hydrogen) atoms. The minimum atomic E-state index is -5.94. The first-order chi connectivity index (χ1) is 24.7. The molecule has 2 aliphatic carbocycles. The maximum absolute atomic E-state index is 14.0. The number of nitrogens with zero attached hydrogens (tertiary/aromatic N) is 3. The highest BCUT2D eigenvalue weighted by atomic mass is 32.2. The topological polar surface area (TPSA) is 117 Å². The number of benzene rings is 2. The predicted octanol–water partition coefficient (Wildman–Crippen LogP) is 9.13. The number of Topliss-reactive ketones (excluding diaryl/α,β-unsaturated/α-hetero) is 1. The third kappa shape index (κ3) is 8.07. The SMILES string of the molecule is CC(C)(C)OC(=O)N1CCC[C@H]1c1ncc(-c2ccc(-c3ccc(OS(=O)(=O)C(F)(F)F)c4c3C(=O)C3(CCCC3)C4)cc2)n1COCC[Si](C)(C)C. The summed E-state index contributed by atoms with van der Waals surface area (Å²) in [6.07, 6.45) is 5.75. The van der Waals surface area contributed by atoms with Crippen LogP contribution >= 0.6 is 0 Å². The van der Waals surface area contributed by atoms with E-state index in [1.807, 2.05) is 49.6 Å². The fourth-order valence-corrected chi connectivity index (χ4v) is 8.88. The number of halogens is 3. The molecule has 2 heterocycles. The lowest BCUT2D eigenvalue weighted by atomic mass is 9.81. The lowest BCUT2D eigenvalue weighted by Crippen LogP contribution is -2.37. The summed E-state index contributed by atoms with van der Waals surface area (Å²) in [5.74, 6) is 0.0334. The van der Waals surface area contributed by atoms with Crippen molar-refractivity contribution in [1.82, 2.24) is 14.5 Å². The molecule has 1 saturated carbocycles. The van der Waals surface area contributed by atoms with Crippen molar-refractivity contribution in [2.24, 2.45) is 5.41 Å². The summed E-state index contributed by atoms with van der Waals surface area (Å²) in [6.45, 7) is 13.7. The number of amides is 1. The van der Waals surface area contributed by atoms with Crippen molar-refractivity contribution in [3.05, 3.63) is 59.5 Å². The molecule has 1 aliphatic heterocycles. The highest BCUT2D eigenvalue weighted by Crippen LogP contribution is 2.53. The van der Waals surface area contributed by atoms with Crippen LogP contribution in [0.5, 0.6) is 5.75 Å². The number of carbonyl (C=O) groups excluding carboxylic acids is 2. The normalized spacial score (nSPS) is 18.9. The van der Waals surface area contributed by atoms with Crippen LogP contribution in [0.1, 0.15) is 87.1 Å². The van der Waals surface area contributed by atoms with E-state index in [2.05, 4.69) is 23.8 Å². The van der Waals surface area contributed by atoms with Crippen LogP contribution < -0.4 is 4.18 Å². The minimum absolute atomic E-state index is 0.122. The van der Waals surface area contributed by atoms with E-state index in [9.17, 15) is 31.2 Å². The Morgan fingerprint density at radius 2 is 1.66 bits per heavy atom. The average molecular weight is 776 g/mol. The van der Waals surface area contributed by atoms with Crippen molar-refractivity contribution in [3.8, 4) is 28.1 Å². The average Bonchev–Trinajstić information content (AvgIpc) is 3.86. The number of fused-ring (bicyclic) bond motifs is 1. The summed E-state index contributed by atoms with van der Waals surface area (Å²) < 4.78 is 82.5. The van der Waals surface area contributed by atoms with E-state index in [4.69, 9.17) is 14.5 Å². The number of likely N-dealkylation sites (tertiary alicyclic amines) is 1. The summed E-state index contributed by atoms with van der Waals surface area (Å²) in [5.41, 5.74) is -3.94. The highest BCUT2D eigenvalue weighted by Gasteiger charge is 2.52. The molecule has 2 aromatic carbocycles. The molecule has 288 valence electrons. The van der Waals surface area contributed by atoms with E-state index >= 15 is 0 Å². The second-order valence-electron chi connectivity index (χ2n) is 16.6. The number of ketones is 1. The largest absolute Gasteiger partial charge is 0.534 e. The number of ether oxygens (including phenoxy) is 2. The van der Waals surface area contributed by atoms with Crippen LogP contribution in [0.3, 0.4) is 0 Å². The van der Waals surface area contributed by atoms with Gasteiger partial charge in [0.25, 0.3) is 0 Å². The molecule has 1 atom stereocenters. The fourth-order valence-electron chi connectivity index (χ4n) is 7.64. The Morgan fingerprint density at radius 3 is 2.28 bits per heavy atom. The molecule has 0 N–H and O–H groups in total. The highest BCUT2D eigenvalue weighted by molar-refractivity contribution is 7.88. The molecule has 15 heteroatoms. The Hall–Kier alpha value is -3.69. The van der Waals surface area contributed by atoms with Crippen LogP contribution in [-0.2, 0) is 32.7 Å². The van der Waals surface area contributed by atoms with Gasteiger partial charge in [0.1, 0.15) is 23.9 Å². The van der Waals surface area contributed by atoms with Crippen molar-refractivity contribution < 1.29 is 44.8 Å². The fraction of sp³-hybridized carbons (Fsp3) is 0.553. The van der Waals surface area contributed by atoms with Gasteiger partial charge in [-0.05, 0) is 87.7 Å². The maximum Gasteiger partial charge on any atom is 0.534 e. The molecule has 6 rings (SSSR count).